The third-order valence-corrected chi connectivity index (χ3v) is 3.60. The molecule has 0 radical (unpaired) electrons. The van der Waals surface area contributed by atoms with Gasteiger partial charge >= 0.3 is 0 Å². The highest BCUT2D eigenvalue weighted by Crippen LogP contribution is 2.10. The van der Waals surface area contributed by atoms with Crippen molar-refractivity contribution >= 4 is 5.96 Å². The molecule has 1 aromatic rings. The second kappa shape index (κ2) is 8.47. The van der Waals surface area contributed by atoms with Gasteiger partial charge in [0.2, 0.25) is 0 Å². The fraction of sp³-hybridized carbons (Fsp3) is 0.471. The molecule has 0 saturated carbocycles. The Morgan fingerprint density at radius 2 is 2.05 bits per heavy atom. The summed E-state index contributed by atoms with van der Waals surface area (Å²) >= 11 is 0. The Morgan fingerprint density at radius 3 is 2.71 bits per heavy atom. The van der Waals surface area contributed by atoms with Crippen molar-refractivity contribution in [3.8, 4) is 0 Å². The van der Waals surface area contributed by atoms with Crippen LogP contribution in [0, 0.1) is 6.92 Å². The van der Waals surface area contributed by atoms with Crippen molar-refractivity contribution in [3.05, 3.63) is 47.0 Å². The average Bonchev–Trinajstić information content (AvgIpc) is 2.53. The molecule has 4 heteroatoms. The molecule has 2 N–H and O–H groups in total. The molecule has 0 saturated heterocycles. The van der Waals surface area contributed by atoms with E-state index in [0.29, 0.717) is 0 Å². The van der Waals surface area contributed by atoms with Gasteiger partial charge in [0.25, 0.3) is 0 Å². The number of nitrogens with zero attached hydrogens (tertiary/aromatic N) is 1. The van der Waals surface area contributed by atoms with Crippen LogP contribution in [0.3, 0.4) is 0 Å². The highest BCUT2D eigenvalue weighted by Gasteiger charge is 2.04. The SMILES string of the molecule is CN=C(NCCC1=CCOCC1)NCc1ccc(C)cc1. The quantitative estimate of drug-likeness (QED) is 0.496. The molecule has 1 aromatic carbocycles. The number of nitrogens with one attached hydrogen (secondary N) is 2. The first-order valence-electron chi connectivity index (χ1n) is 7.53. The molecule has 0 fully saturated rings. The van der Waals surface area contributed by atoms with Crippen molar-refractivity contribution in [1.82, 2.24) is 10.6 Å². The van der Waals surface area contributed by atoms with E-state index in [1.165, 1.54) is 16.7 Å². The molecule has 0 aliphatic carbocycles. The van der Waals surface area contributed by atoms with Gasteiger partial charge in [-0.05, 0) is 25.3 Å². The summed E-state index contributed by atoms with van der Waals surface area (Å²) in [5.74, 6) is 0.850. The first-order chi connectivity index (χ1) is 10.3. The highest BCUT2D eigenvalue weighted by molar-refractivity contribution is 5.79. The molecule has 2 rings (SSSR count). The summed E-state index contributed by atoms with van der Waals surface area (Å²) in [6, 6.07) is 8.54. The van der Waals surface area contributed by atoms with Crippen LogP contribution >= 0.6 is 0 Å². The minimum Gasteiger partial charge on any atom is -0.377 e. The normalized spacial score (nSPS) is 15.5. The fourth-order valence-corrected chi connectivity index (χ4v) is 2.25. The van der Waals surface area contributed by atoms with Crippen LogP contribution in [-0.2, 0) is 11.3 Å². The lowest BCUT2D eigenvalue weighted by atomic mass is 10.1. The molecule has 0 aromatic heterocycles. The van der Waals surface area contributed by atoms with Crippen LogP contribution in [0.25, 0.3) is 0 Å². The van der Waals surface area contributed by atoms with Crippen LogP contribution in [0.4, 0.5) is 0 Å². The minimum absolute atomic E-state index is 0.760. The standard InChI is InChI=1S/C17H25N3O/c1-14-3-5-16(6-4-14)13-20-17(18-2)19-10-7-15-8-11-21-12-9-15/h3-6,8H,7,9-13H2,1-2H3,(H2,18,19,20). The predicted molar refractivity (Wildman–Crippen MR) is 87.5 cm³/mol. The number of rotatable bonds is 5. The molecule has 1 heterocycles. The largest absolute Gasteiger partial charge is 0.377 e. The Hall–Kier alpha value is -1.81. The van der Waals surface area contributed by atoms with Gasteiger partial charge < -0.3 is 15.4 Å². The number of hydrogen-bond donors (Lipinski definition) is 2. The Morgan fingerprint density at radius 1 is 1.24 bits per heavy atom. The second-order valence-corrected chi connectivity index (χ2v) is 5.28. The van der Waals surface area contributed by atoms with Crippen molar-refractivity contribution in [1.29, 1.82) is 0 Å². The summed E-state index contributed by atoms with van der Waals surface area (Å²) in [6.45, 7) is 5.40. The van der Waals surface area contributed by atoms with Crippen molar-refractivity contribution < 1.29 is 4.74 Å². The molecule has 0 bridgehead atoms. The first kappa shape index (κ1) is 15.6. The summed E-state index contributed by atoms with van der Waals surface area (Å²) in [4.78, 5) is 4.25. The van der Waals surface area contributed by atoms with Gasteiger partial charge in [0.15, 0.2) is 5.96 Å². The average molecular weight is 287 g/mol. The number of guanidine groups is 1. The summed E-state index contributed by atoms with van der Waals surface area (Å²) in [5, 5.41) is 6.69. The van der Waals surface area contributed by atoms with Crippen molar-refractivity contribution in [2.75, 3.05) is 26.8 Å². The number of ether oxygens (including phenoxy) is 1. The van der Waals surface area contributed by atoms with Gasteiger partial charge in [0, 0.05) is 20.1 Å². The number of aliphatic imine (C=N–C) groups is 1. The number of benzene rings is 1. The first-order valence-corrected chi connectivity index (χ1v) is 7.53. The van der Waals surface area contributed by atoms with Gasteiger partial charge in [-0.2, -0.15) is 0 Å². The van der Waals surface area contributed by atoms with Crippen LogP contribution in [-0.4, -0.2) is 32.8 Å². The van der Waals surface area contributed by atoms with Crippen molar-refractivity contribution in [3.63, 3.8) is 0 Å². The number of aryl methyl sites for hydroxylation is 1. The van der Waals surface area contributed by atoms with Crippen LogP contribution in [0.2, 0.25) is 0 Å². The molecule has 0 spiro atoms. The third kappa shape index (κ3) is 5.60. The molecular formula is C17H25N3O. The molecule has 0 atom stereocenters. The van der Waals surface area contributed by atoms with Crippen LogP contribution < -0.4 is 10.6 Å². The lowest BCUT2D eigenvalue weighted by molar-refractivity contribution is 0.153. The molecule has 114 valence electrons. The fourth-order valence-electron chi connectivity index (χ4n) is 2.25. The van der Waals surface area contributed by atoms with Gasteiger partial charge in [0.1, 0.15) is 0 Å². The van der Waals surface area contributed by atoms with Crippen LogP contribution in [0.15, 0.2) is 40.9 Å². The maximum Gasteiger partial charge on any atom is 0.191 e. The topological polar surface area (TPSA) is 45.7 Å². The highest BCUT2D eigenvalue weighted by atomic mass is 16.5. The van der Waals surface area contributed by atoms with E-state index in [9.17, 15) is 0 Å². The van der Waals surface area contributed by atoms with E-state index < -0.39 is 0 Å². The molecule has 0 amide bonds. The Balaban J connectivity index is 1.70. The maximum atomic E-state index is 5.31. The zero-order chi connectivity index (χ0) is 14.9. The summed E-state index contributed by atoms with van der Waals surface area (Å²) in [6.07, 6.45) is 4.29. The molecule has 1 aliphatic heterocycles. The third-order valence-electron chi connectivity index (χ3n) is 3.60. The van der Waals surface area contributed by atoms with E-state index in [-0.39, 0.29) is 0 Å². The van der Waals surface area contributed by atoms with Crippen LogP contribution in [0.1, 0.15) is 24.0 Å². The summed E-state index contributed by atoms with van der Waals surface area (Å²) in [5.41, 5.74) is 4.02. The zero-order valence-electron chi connectivity index (χ0n) is 13.0. The van der Waals surface area contributed by atoms with E-state index >= 15 is 0 Å². The summed E-state index contributed by atoms with van der Waals surface area (Å²) in [7, 11) is 1.80. The van der Waals surface area contributed by atoms with Gasteiger partial charge in [-0.25, -0.2) is 0 Å². The minimum atomic E-state index is 0.760. The van der Waals surface area contributed by atoms with E-state index in [1.807, 2.05) is 0 Å². The predicted octanol–water partition coefficient (Wildman–Crippen LogP) is 2.40. The summed E-state index contributed by atoms with van der Waals surface area (Å²) < 4.78 is 5.31. The van der Waals surface area contributed by atoms with Gasteiger partial charge in [0.05, 0.1) is 13.2 Å². The molecule has 1 aliphatic rings. The maximum absolute atomic E-state index is 5.31. The van der Waals surface area contributed by atoms with Gasteiger partial charge in [-0.3, -0.25) is 4.99 Å². The molecule has 21 heavy (non-hydrogen) atoms. The smallest absolute Gasteiger partial charge is 0.191 e. The Kier molecular flexibility index (Phi) is 6.28. The lowest BCUT2D eigenvalue weighted by Crippen LogP contribution is -2.37. The number of hydrogen-bond acceptors (Lipinski definition) is 2. The molecule has 0 unspecified atom stereocenters. The van der Waals surface area contributed by atoms with Crippen molar-refractivity contribution in [2.45, 2.75) is 26.3 Å². The van der Waals surface area contributed by atoms with E-state index in [0.717, 1.165) is 45.1 Å². The van der Waals surface area contributed by atoms with Gasteiger partial charge in [-0.15, -0.1) is 0 Å². The van der Waals surface area contributed by atoms with Crippen LogP contribution in [0.5, 0.6) is 0 Å². The molecule has 4 nitrogen and oxygen atoms in total. The Bertz CT molecular complexity index is 491. The second-order valence-electron chi connectivity index (χ2n) is 5.28. The zero-order valence-corrected chi connectivity index (χ0v) is 13.0. The van der Waals surface area contributed by atoms with Crippen molar-refractivity contribution in [2.24, 2.45) is 4.99 Å². The van der Waals surface area contributed by atoms with E-state index in [1.54, 1.807) is 7.05 Å². The van der Waals surface area contributed by atoms with E-state index in [4.69, 9.17) is 4.74 Å². The van der Waals surface area contributed by atoms with E-state index in [2.05, 4.69) is 52.9 Å². The monoisotopic (exact) mass is 287 g/mol. The van der Waals surface area contributed by atoms with Gasteiger partial charge in [-0.1, -0.05) is 41.5 Å². The Labute approximate surface area is 127 Å². The lowest BCUT2D eigenvalue weighted by Gasteiger charge is -2.15. The molecular weight excluding hydrogens is 262 g/mol.